The molecule has 2 heterocycles. The van der Waals surface area contributed by atoms with Crippen molar-refractivity contribution in [3.8, 4) is 11.5 Å². The van der Waals surface area contributed by atoms with E-state index >= 15 is 0 Å². The quantitative estimate of drug-likeness (QED) is 0.674. The van der Waals surface area contributed by atoms with E-state index in [1.54, 1.807) is 14.2 Å². The van der Waals surface area contributed by atoms with Gasteiger partial charge in [-0.2, -0.15) is 0 Å². The Bertz CT molecular complexity index is 715. The summed E-state index contributed by atoms with van der Waals surface area (Å²) < 4.78 is 16.8. The molecule has 1 fully saturated rings. The molecule has 0 bridgehead atoms. The second-order valence-electron chi connectivity index (χ2n) is 6.84. The molecule has 6 nitrogen and oxygen atoms in total. The van der Waals surface area contributed by atoms with Crippen molar-refractivity contribution in [2.24, 2.45) is 0 Å². The van der Waals surface area contributed by atoms with E-state index in [1.165, 1.54) is 0 Å². The molecule has 0 N–H and O–H groups in total. The Labute approximate surface area is 161 Å². The highest BCUT2D eigenvalue weighted by atomic mass is 16.5. The number of hydrogen-bond donors (Lipinski definition) is 0. The Balaban J connectivity index is 1.76. The first-order valence-electron chi connectivity index (χ1n) is 9.56. The molecule has 1 aliphatic rings. The minimum Gasteiger partial charge on any atom is -0.497 e. The van der Waals surface area contributed by atoms with Crippen LogP contribution in [0.4, 0.5) is 0 Å². The van der Waals surface area contributed by atoms with E-state index in [1.807, 2.05) is 24.5 Å². The summed E-state index contributed by atoms with van der Waals surface area (Å²) in [5.74, 6) is 2.51. The zero-order chi connectivity index (χ0) is 19.1. The first-order valence-corrected chi connectivity index (χ1v) is 9.56. The number of aromatic nitrogens is 2. The van der Waals surface area contributed by atoms with Crippen LogP contribution in [0.2, 0.25) is 0 Å². The number of methoxy groups -OCH3 is 2. The van der Waals surface area contributed by atoms with Crippen LogP contribution in [0.15, 0.2) is 30.6 Å². The Kier molecular flexibility index (Phi) is 7.01. The summed E-state index contributed by atoms with van der Waals surface area (Å²) in [6.07, 6.45) is 7.24. The average Bonchev–Trinajstić information content (AvgIpc) is 3.22. The lowest BCUT2D eigenvalue weighted by Gasteiger charge is -2.26. The van der Waals surface area contributed by atoms with Gasteiger partial charge in [-0.1, -0.05) is 13.0 Å². The number of benzene rings is 1. The van der Waals surface area contributed by atoms with Crippen molar-refractivity contribution >= 4 is 0 Å². The fourth-order valence-corrected chi connectivity index (χ4v) is 3.39. The molecule has 1 atom stereocenters. The largest absolute Gasteiger partial charge is 0.497 e. The Hall–Kier alpha value is -2.18. The lowest BCUT2D eigenvalue weighted by molar-refractivity contribution is 0.0675. The van der Waals surface area contributed by atoms with E-state index in [0.717, 1.165) is 74.0 Å². The molecule has 1 aromatic heterocycles. The van der Waals surface area contributed by atoms with Crippen LogP contribution in [0, 0.1) is 0 Å². The molecule has 1 aromatic carbocycles. The molecule has 1 aliphatic heterocycles. The first kappa shape index (κ1) is 19.6. The molecule has 3 rings (SSSR count). The summed E-state index contributed by atoms with van der Waals surface area (Å²) in [5.41, 5.74) is 2.24. The first-order chi connectivity index (χ1) is 13.2. The van der Waals surface area contributed by atoms with Gasteiger partial charge in [0.15, 0.2) is 0 Å². The summed E-state index contributed by atoms with van der Waals surface area (Å²) in [6.45, 7) is 5.35. The van der Waals surface area contributed by atoms with E-state index in [0.29, 0.717) is 0 Å². The average molecular weight is 371 g/mol. The van der Waals surface area contributed by atoms with Crippen LogP contribution < -0.4 is 9.47 Å². The predicted molar refractivity (Wildman–Crippen MR) is 104 cm³/mol. The molecule has 0 aliphatic carbocycles. The zero-order valence-electron chi connectivity index (χ0n) is 16.5. The van der Waals surface area contributed by atoms with Crippen LogP contribution in [0.3, 0.4) is 0 Å². The van der Waals surface area contributed by atoms with Crippen LogP contribution in [-0.2, 0) is 24.2 Å². The fourth-order valence-electron chi connectivity index (χ4n) is 3.39. The molecule has 2 aromatic rings. The van der Waals surface area contributed by atoms with Crippen molar-refractivity contribution in [2.45, 2.75) is 45.4 Å². The van der Waals surface area contributed by atoms with E-state index in [4.69, 9.17) is 14.2 Å². The summed E-state index contributed by atoms with van der Waals surface area (Å²) in [6, 6.07) is 5.97. The van der Waals surface area contributed by atoms with E-state index in [-0.39, 0.29) is 6.10 Å². The molecule has 0 spiro atoms. The maximum atomic E-state index is 5.86. The van der Waals surface area contributed by atoms with Gasteiger partial charge >= 0.3 is 0 Å². The minimum atomic E-state index is 0.282. The second-order valence-corrected chi connectivity index (χ2v) is 6.84. The highest BCUT2D eigenvalue weighted by Crippen LogP contribution is 2.27. The molecule has 146 valence electrons. The summed E-state index contributed by atoms with van der Waals surface area (Å²) in [7, 11) is 3.36. The monoisotopic (exact) mass is 371 g/mol. The van der Waals surface area contributed by atoms with Gasteiger partial charge in [-0.25, -0.2) is 9.97 Å². The van der Waals surface area contributed by atoms with Gasteiger partial charge < -0.3 is 14.2 Å². The Morgan fingerprint density at radius 3 is 2.59 bits per heavy atom. The normalized spacial score (nSPS) is 16.7. The fraction of sp³-hybridized carbons (Fsp3) is 0.524. The predicted octanol–water partition coefficient (Wildman–Crippen LogP) is 3.24. The van der Waals surface area contributed by atoms with E-state index in [9.17, 15) is 0 Å². The molecular formula is C21H29N3O3. The van der Waals surface area contributed by atoms with Crippen LogP contribution in [0.25, 0.3) is 0 Å². The third-order valence-corrected chi connectivity index (χ3v) is 4.86. The molecule has 6 heteroatoms. The zero-order valence-corrected chi connectivity index (χ0v) is 16.5. The van der Waals surface area contributed by atoms with Crippen molar-refractivity contribution < 1.29 is 14.2 Å². The lowest BCUT2D eigenvalue weighted by Crippen LogP contribution is -2.31. The highest BCUT2D eigenvalue weighted by molar-refractivity contribution is 5.40. The standard InChI is InChI=1S/C21H29N3O3/c1-4-21-22-11-16(12-23-21)13-24(15-19-6-5-9-27-19)14-17-7-8-18(25-2)10-20(17)26-3/h7-8,10-12,19H,4-6,9,13-15H2,1-3H3. The molecule has 0 amide bonds. The van der Waals surface area contributed by atoms with Gasteiger partial charge in [0.1, 0.15) is 17.3 Å². The number of nitrogens with zero attached hydrogens (tertiary/aromatic N) is 3. The Morgan fingerprint density at radius 2 is 1.96 bits per heavy atom. The third-order valence-electron chi connectivity index (χ3n) is 4.86. The van der Waals surface area contributed by atoms with Gasteiger partial charge in [0.25, 0.3) is 0 Å². The van der Waals surface area contributed by atoms with Crippen molar-refractivity contribution in [2.75, 3.05) is 27.4 Å². The summed E-state index contributed by atoms with van der Waals surface area (Å²) >= 11 is 0. The number of rotatable bonds is 9. The van der Waals surface area contributed by atoms with Gasteiger partial charge in [0, 0.05) is 62.2 Å². The smallest absolute Gasteiger partial charge is 0.127 e. The second kappa shape index (κ2) is 9.67. The maximum absolute atomic E-state index is 5.86. The van der Waals surface area contributed by atoms with Gasteiger partial charge in [-0.3, -0.25) is 4.90 Å². The van der Waals surface area contributed by atoms with Crippen molar-refractivity contribution in [3.63, 3.8) is 0 Å². The Morgan fingerprint density at radius 1 is 1.15 bits per heavy atom. The summed E-state index contributed by atoms with van der Waals surface area (Å²) in [5, 5.41) is 0. The van der Waals surface area contributed by atoms with Gasteiger partial charge in [-0.15, -0.1) is 0 Å². The highest BCUT2D eigenvalue weighted by Gasteiger charge is 2.21. The lowest BCUT2D eigenvalue weighted by atomic mass is 10.1. The molecule has 0 radical (unpaired) electrons. The number of hydrogen-bond acceptors (Lipinski definition) is 6. The molecular weight excluding hydrogens is 342 g/mol. The van der Waals surface area contributed by atoms with Gasteiger partial charge in [0.2, 0.25) is 0 Å². The van der Waals surface area contributed by atoms with Crippen molar-refractivity contribution in [3.05, 3.63) is 47.5 Å². The van der Waals surface area contributed by atoms with Crippen molar-refractivity contribution in [1.82, 2.24) is 14.9 Å². The molecule has 1 unspecified atom stereocenters. The van der Waals surface area contributed by atoms with Crippen LogP contribution in [0.5, 0.6) is 11.5 Å². The van der Waals surface area contributed by atoms with Gasteiger partial charge in [-0.05, 0) is 18.9 Å². The number of aryl methyl sites for hydroxylation is 1. The van der Waals surface area contributed by atoms with E-state index in [2.05, 4.69) is 27.9 Å². The van der Waals surface area contributed by atoms with Crippen LogP contribution in [0.1, 0.15) is 36.7 Å². The molecule has 1 saturated heterocycles. The summed E-state index contributed by atoms with van der Waals surface area (Å²) in [4.78, 5) is 11.3. The van der Waals surface area contributed by atoms with Crippen LogP contribution >= 0.6 is 0 Å². The van der Waals surface area contributed by atoms with Gasteiger partial charge in [0.05, 0.1) is 20.3 Å². The molecule has 0 saturated carbocycles. The third kappa shape index (κ3) is 5.40. The van der Waals surface area contributed by atoms with Crippen LogP contribution in [-0.4, -0.2) is 48.3 Å². The SMILES string of the molecule is CCc1ncc(CN(Cc2ccc(OC)cc2OC)CC2CCCO2)cn1. The molecule has 27 heavy (non-hydrogen) atoms. The van der Waals surface area contributed by atoms with Crippen molar-refractivity contribution in [1.29, 1.82) is 0 Å². The topological polar surface area (TPSA) is 56.7 Å². The number of ether oxygens (including phenoxy) is 3. The van der Waals surface area contributed by atoms with E-state index < -0.39 is 0 Å². The maximum Gasteiger partial charge on any atom is 0.127 e. The minimum absolute atomic E-state index is 0.282.